The Labute approximate surface area is 194 Å². The van der Waals surface area contributed by atoms with E-state index in [1.54, 1.807) is 24.2 Å². The molecule has 3 aromatic heterocycles. The number of carbonyl (C=O) groups excluding carboxylic acids is 1. The molecule has 0 bridgehead atoms. The summed E-state index contributed by atoms with van der Waals surface area (Å²) in [6.45, 7) is 0. The lowest BCUT2D eigenvalue weighted by atomic mass is 9.79. The number of hydrogen-bond acceptors (Lipinski definition) is 7. The quantitative estimate of drug-likeness (QED) is 0.425. The van der Waals surface area contributed by atoms with Crippen molar-refractivity contribution >= 4 is 23.5 Å². The molecule has 4 aromatic rings. The second-order valence-corrected chi connectivity index (χ2v) is 9.13. The predicted molar refractivity (Wildman–Crippen MR) is 125 cm³/mol. The van der Waals surface area contributed by atoms with Gasteiger partial charge >= 0.3 is 0 Å². The second-order valence-electron chi connectivity index (χ2n) is 8.19. The first-order valence-electron chi connectivity index (χ1n) is 10.9. The summed E-state index contributed by atoms with van der Waals surface area (Å²) in [4.78, 5) is 22.4. The van der Waals surface area contributed by atoms with Gasteiger partial charge in [0.15, 0.2) is 5.78 Å². The smallest absolute Gasteiger partial charge is 0.227 e. The first kappa shape index (κ1) is 20.0. The van der Waals surface area contributed by atoms with Crippen LogP contribution in [0.25, 0.3) is 0 Å². The molecule has 1 aliphatic heterocycles. The maximum Gasteiger partial charge on any atom is 0.227 e. The van der Waals surface area contributed by atoms with E-state index in [0.717, 1.165) is 33.9 Å². The van der Waals surface area contributed by atoms with Crippen molar-refractivity contribution in [3.8, 4) is 0 Å². The molecule has 7 nitrogen and oxygen atoms in total. The zero-order chi connectivity index (χ0) is 22.2. The van der Waals surface area contributed by atoms with Crippen LogP contribution in [0.5, 0.6) is 0 Å². The monoisotopic (exact) mass is 455 g/mol. The normalized spacial score (nSPS) is 19.7. The van der Waals surface area contributed by atoms with E-state index in [4.69, 9.17) is 14.5 Å². The molecule has 0 fully saturated rings. The third kappa shape index (κ3) is 3.76. The SMILES string of the molecule is O=C1C[C@H](c2ccco2)CC2=C1[C@H](c1ccccc1)n1nc(SCc3cccnc3)nc1N2. The minimum atomic E-state index is -0.303. The maximum absolute atomic E-state index is 13.4. The average Bonchev–Trinajstić information content (AvgIpc) is 3.52. The largest absolute Gasteiger partial charge is 0.469 e. The van der Waals surface area contributed by atoms with Crippen molar-refractivity contribution in [1.29, 1.82) is 0 Å². The van der Waals surface area contributed by atoms with Gasteiger partial charge in [0.1, 0.15) is 11.8 Å². The number of allylic oxidation sites excluding steroid dienone is 2. The van der Waals surface area contributed by atoms with Crippen molar-refractivity contribution in [3.05, 3.63) is 101 Å². The summed E-state index contributed by atoms with van der Waals surface area (Å²) >= 11 is 1.56. The first-order chi connectivity index (χ1) is 16.3. The van der Waals surface area contributed by atoms with E-state index in [2.05, 4.69) is 10.3 Å². The van der Waals surface area contributed by atoms with Crippen molar-refractivity contribution in [2.24, 2.45) is 0 Å². The van der Waals surface area contributed by atoms with Gasteiger partial charge in [-0.05, 0) is 35.7 Å². The Morgan fingerprint density at radius 3 is 2.79 bits per heavy atom. The summed E-state index contributed by atoms with van der Waals surface area (Å²) < 4.78 is 7.47. The third-order valence-corrected chi connectivity index (χ3v) is 6.96. The molecule has 4 heterocycles. The van der Waals surface area contributed by atoms with Gasteiger partial charge in [-0.15, -0.1) is 5.10 Å². The summed E-state index contributed by atoms with van der Waals surface area (Å²) in [5.41, 5.74) is 3.80. The zero-order valence-electron chi connectivity index (χ0n) is 17.7. The Bertz CT molecular complexity index is 1320. The summed E-state index contributed by atoms with van der Waals surface area (Å²) in [6, 6.07) is 17.5. The molecule has 0 unspecified atom stereocenters. The van der Waals surface area contributed by atoms with E-state index in [1.807, 2.05) is 65.5 Å². The van der Waals surface area contributed by atoms with Crippen LogP contribution < -0.4 is 5.32 Å². The fraction of sp³-hybridized carbons (Fsp3) is 0.200. The standard InChI is InChI=1S/C25H21N5O2S/c31-20-13-18(21-9-5-11-32-21)12-19-22(20)23(17-7-2-1-3-8-17)30-24(27-19)28-25(29-30)33-15-16-6-4-10-26-14-16/h1-11,14,18,23H,12-13,15H2,(H,27,28,29)/t18-,23+/m1/s1. The van der Waals surface area contributed by atoms with Crippen molar-refractivity contribution in [2.45, 2.75) is 35.7 Å². The molecule has 2 aliphatic rings. The molecule has 0 saturated carbocycles. The fourth-order valence-electron chi connectivity index (χ4n) is 4.55. The molecule has 2 atom stereocenters. The molecule has 1 N–H and O–H groups in total. The van der Waals surface area contributed by atoms with Crippen molar-refractivity contribution in [1.82, 2.24) is 19.7 Å². The number of ketones is 1. The van der Waals surface area contributed by atoms with Crippen LogP contribution in [0.4, 0.5) is 5.95 Å². The zero-order valence-corrected chi connectivity index (χ0v) is 18.5. The van der Waals surface area contributed by atoms with Crippen LogP contribution in [-0.4, -0.2) is 25.5 Å². The minimum Gasteiger partial charge on any atom is -0.469 e. The fourth-order valence-corrected chi connectivity index (χ4v) is 5.32. The number of pyridine rings is 1. The number of fused-ring (bicyclic) bond motifs is 1. The number of benzene rings is 1. The van der Waals surface area contributed by atoms with Gasteiger partial charge in [0.05, 0.1) is 6.26 Å². The van der Waals surface area contributed by atoms with Crippen LogP contribution in [-0.2, 0) is 10.5 Å². The number of thioether (sulfide) groups is 1. The van der Waals surface area contributed by atoms with Gasteiger partial charge in [-0.25, -0.2) is 4.68 Å². The number of hydrogen-bond donors (Lipinski definition) is 1. The van der Waals surface area contributed by atoms with E-state index in [9.17, 15) is 4.79 Å². The maximum atomic E-state index is 13.4. The van der Waals surface area contributed by atoms with Gasteiger partial charge < -0.3 is 9.73 Å². The third-order valence-electron chi connectivity index (χ3n) is 6.05. The Hall–Kier alpha value is -3.65. The van der Waals surface area contributed by atoms with Crippen molar-refractivity contribution in [2.75, 3.05) is 5.32 Å². The lowest BCUT2D eigenvalue weighted by Gasteiger charge is -2.34. The summed E-state index contributed by atoms with van der Waals surface area (Å²) in [5, 5.41) is 8.88. The Balaban J connectivity index is 1.37. The number of nitrogens with one attached hydrogen (secondary N) is 1. The van der Waals surface area contributed by atoms with Gasteiger partial charge in [0, 0.05) is 41.8 Å². The van der Waals surface area contributed by atoms with Crippen LogP contribution in [0, 0.1) is 0 Å². The molecular formula is C25H21N5O2S. The number of aromatic nitrogens is 4. The number of carbonyl (C=O) groups is 1. The number of anilines is 1. The molecule has 6 rings (SSSR count). The lowest BCUT2D eigenvalue weighted by molar-refractivity contribution is -0.117. The highest BCUT2D eigenvalue weighted by Crippen LogP contribution is 2.44. The molecule has 164 valence electrons. The molecule has 8 heteroatoms. The van der Waals surface area contributed by atoms with Crippen molar-refractivity contribution < 1.29 is 9.21 Å². The number of nitrogens with zero attached hydrogens (tertiary/aromatic N) is 4. The van der Waals surface area contributed by atoms with Gasteiger partial charge in [0.2, 0.25) is 11.1 Å². The topological polar surface area (TPSA) is 85.8 Å². The highest BCUT2D eigenvalue weighted by atomic mass is 32.2. The molecule has 0 spiro atoms. The highest BCUT2D eigenvalue weighted by molar-refractivity contribution is 7.98. The van der Waals surface area contributed by atoms with Gasteiger partial charge in [0.25, 0.3) is 0 Å². The minimum absolute atomic E-state index is 0.0177. The van der Waals surface area contributed by atoms with Gasteiger partial charge in [-0.2, -0.15) is 4.98 Å². The summed E-state index contributed by atoms with van der Waals surface area (Å²) in [5.74, 6) is 2.35. The van der Waals surface area contributed by atoms with Crippen LogP contribution >= 0.6 is 11.8 Å². The van der Waals surface area contributed by atoms with Crippen molar-refractivity contribution in [3.63, 3.8) is 0 Å². The first-order valence-corrected chi connectivity index (χ1v) is 11.8. The molecule has 0 radical (unpaired) electrons. The number of rotatable bonds is 5. The van der Waals surface area contributed by atoms with Crippen LogP contribution in [0.3, 0.4) is 0 Å². The van der Waals surface area contributed by atoms with E-state index in [-0.39, 0.29) is 17.7 Å². The van der Waals surface area contributed by atoms with E-state index >= 15 is 0 Å². The molecule has 1 aromatic carbocycles. The second kappa shape index (κ2) is 8.37. The van der Waals surface area contributed by atoms with E-state index in [0.29, 0.717) is 23.9 Å². The van der Waals surface area contributed by atoms with Crippen LogP contribution in [0.2, 0.25) is 0 Å². The summed E-state index contributed by atoms with van der Waals surface area (Å²) in [7, 11) is 0. The molecule has 0 amide bonds. The van der Waals surface area contributed by atoms with Gasteiger partial charge in [-0.3, -0.25) is 9.78 Å². The van der Waals surface area contributed by atoms with E-state index in [1.165, 1.54) is 0 Å². The molecule has 33 heavy (non-hydrogen) atoms. The molecule has 0 saturated heterocycles. The number of Topliss-reactive ketones (excluding diaryl/α,β-unsaturated/α-hetero) is 1. The molecule has 1 aliphatic carbocycles. The number of furan rings is 1. The van der Waals surface area contributed by atoms with Crippen LogP contribution in [0.15, 0.2) is 94.1 Å². The predicted octanol–water partition coefficient (Wildman–Crippen LogP) is 4.97. The Morgan fingerprint density at radius 2 is 2.00 bits per heavy atom. The summed E-state index contributed by atoms with van der Waals surface area (Å²) in [6.07, 6.45) is 6.39. The van der Waals surface area contributed by atoms with E-state index < -0.39 is 0 Å². The molecular weight excluding hydrogens is 434 g/mol. The highest BCUT2D eigenvalue weighted by Gasteiger charge is 2.40. The average molecular weight is 456 g/mol. The van der Waals surface area contributed by atoms with Crippen LogP contribution in [0.1, 0.15) is 41.7 Å². The Kier molecular flexibility index (Phi) is 5.07. The lowest BCUT2D eigenvalue weighted by Crippen LogP contribution is -2.33. The Morgan fingerprint density at radius 1 is 1.09 bits per heavy atom. The van der Waals surface area contributed by atoms with Gasteiger partial charge in [-0.1, -0.05) is 48.2 Å².